The molecular formula is C17H21FN4O2S. The maximum Gasteiger partial charge on any atom is 0.240 e. The molecule has 6 nitrogen and oxygen atoms in total. The fraction of sp³-hybridized carbons (Fsp3) is 0.353. The summed E-state index contributed by atoms with van der Waals surface area (Å²) in [7, 11) is -1.63. The van der Waals surface area contributed by atoms with Crippen LogP contribution in [0.25, 0.3) is 0 Å². The SMILES string of the molecule is CN1CCN(c2ncccc2CNS(=O)(=O)c2ccc(F)cc2)CC1. The number of hydrogen-bond donors (Lipinski definition) is 1. The Morgan fingerprint density at radius 1 is 1.12 bits per heavy atom. The smallest absolute Gasteiger partial charge is 0.240 e. The molecule has 1 aliphatic heterocycles. The van der Waals surface area contributed by atoms with E-state index in [1.807, 2.05) is 6.07 Å². The number of likely N-dealkylation sites (N-methyl/N-ethyl adjacent to an activating group) is 1. The minimum Gasteiger partial charge on any atom is -0.354 e. The van der Waals surface area contributed by atoms with Crippen molar-refractivity contribution < 1.29 is 12.8 Å². The number of anilines is 1. The zero-order valence-corrected chi connectivity index (χ0v) is 14.8. The summed E-state index contributed by atoms with van der Waals surface area (Å²) in [6.45, 7) is 3.72. The van der Waals surface area contributed by atoms with Gasteiger partial charge in [-0.15, -0.1) is 0 Å². The summed E-state index contributed by atoms with van der Waals surface area (Å²) < 4.78 is 40.3. The van der Waals surface area contributed by atoms with E-state index in [4.69, 9.17) is 0 Å². The number of nitrogens with zero attached hydrogens (tertiary/aromatic N) is 3. The molecule has 0 amide bonds. The second-order valence-electron chi connectivity index (χ2n) is 6.05. The predicted octanol–water partition coefficient (Wildman–Crippen LogP) is 1.45. The van der Waals surface area contributed by atoms with Crippen LogP contribution in [-0.2, 0) is 16.6 Å². The highest BCUT2D eigenvalue weighted by Crippen LogP contribution is 2.19. The lowest BCUT2D eigenvalue weighted by Gasteiger charge is -2.34. The average molecular weight is 364 g/mol. The van der Waals surface area contributed by atoms with Gasteiger partial charge in [-0.1, -0.05) is 6.07 Å². The van der Waals surface area contributed by atoms with E-state index >= 15 is 0 Å². The van der Waals surface area contributed by atoms with Crippen molar-refractivity contribution in [3.8, 4) is 0 Å². The van der Waals surface area contributed by atoms with Gasteiger partial charge >= 0.3 is 0 Å². The Bertz CT molecular complexity index is 819. The molecule has 0 saturated carbocycles. The molecular weight excluding hydrogens is 343 g/mol. The van der Waals surface area contributed by atoms with Gasteiger partial charge in [-0.2, -0.15) is 0 Å². The zero-order valence-electron chi connectivity index (χ0n) is 14.0. The molecule has 0 bridgehead atoms. The Morgan fingerprint density at radius 3 is 2.48 bits per heavy atom. The van der Waals surface area contributed by atoms with Crippen molar-refractivity contribution in [2.24, 2.45) is 0 Å². The molecule has 2 aromatic rings. The maximum atomic E-state index is 13.0. The number of rotatable bonds is 5. The van der Waals surface area contributed by atoms with Crippen molar-refractivity contribution in [3.63, 3.8) is 0 Å². The third-order valence-electron chi connectivity index (χ3n) is 4.25. The molecule has 0 atom stereocenters. The van der Waals surface area contributed by atoms with Crippen molar-refractivity contribution in [1.29, 1.82) is 0 Å². The van der Waals surface area contributed by atoms with Crippen molar-refractivity contribution in [3.05, 3.63) is 54.0 Å². The van der Waals surface area contributed by atoms with Gasteiger partial charge in [-0.3, -0.25) is 0 Å². The van der Waals surface area contributed by atoms with Gasteiger partial charge in [-0.05, 0) is 37.4 Å². The second kappa shape index (κ2) is 7.47. The van der Waals surface area contributed by atoms with Crippen LogP contribution in [0.1, 0.15) is 5.56 Å². The van der Waals surface area contributed by atoms with Gasteiger partial charge in [0.05, 0.1) is 4.90 Å². The van der Waals surface area contributed by atoms with E-state index in [9.17, 15) is 12.8 Å². The summed E-state index contributed by atoms with van der Waals surface area (Å²) in [4.78, 5) is 8.89. The summed E-state index contributed by atoms with van der Waals surface area (Å²) >= 11 is 0. The first-order valence-electron chi connectivity index (χ1n) is 8.08. The van der Waals surface area contributed by atoms with Crippen LogP contribution in [0.4, 0.5) is 10.2 Å². The first-order valence-corrected chi connectivity index (χ1v) is 9.57. The van der Waals surface area contributed by atoms with E-state index in [0.717, 1.165) is 49.7 Å². The molecule has 0 aliphatic carbocycles. The van der Waals surface area contributed by atoms with Crippen LogP contribution in [0.15, 0.2) is 47.5 Å². The Hall–Kier alpha value is -2.03. The number of piperazine rings is 1. The molecule has 1 aromatic heterocycles. The average Bonchev–Trinajstić information content (AvgIpc) is 2.61. The topological polar surface area (TPSA) is 65.5 Å². The molecule has 0 unspecified atom stereocenters. The number of aromatic nitrogens is 1. The normalized spacial score (nSPS) is 16.2. The van der Waals surface area contributed by atoms with E-state index in [2.05, 4.69) is 26.6 Å². The van der Waals surface area contributed by atoms with Crippen LogP contribution in [-0.4, -0.2) is 51.5 Å². The highest BCUT2D eigenvalue weighted by Gasteiger charge is 2.19. The lowest BCUT2D eigenvalue weighted by Crippen LogP contribution is -2.45. The molecule has 25 heavy (non-hydrogen) atoms. The highest BCUT2D eigenvalue weighted by atomic mass is 32.2. The van der Waals surface area contributed by atoms with Gasteiger partial charge in [0.25, 0.3) is 0 Å². The molecule has 1 saturated heterocycles. The van der Waals surface area contributed by atoms with E-state index in [1.165, 1.54) is 12.1 Å². The molecule has 0 spiro atoms. The van der Waals surface area contributed by atoms with Crippen LogP contribution >= 0.6 is 0 Å². The zero-order chi connectivity index (χ0) is 17.9. The first-order chi connectivity index (χ1) is 12.0. The second-order valence-corrected chi connectivity index (χ2v) is 7.82. The molecule has 1 aliphatic rings. The van der Waals surface area contributed by atoms with Crippen LogP contribution in [0.2, 0.25) is 0 Å². The first kappa shape index (κ1) is 17.8. The fourth-order valence-electron chi connectivity index (χ4n) is 2.74. The minimum atomic E-state index is -3.70. The summed E-state index contributed by atoms with van der Waals surface area (Å²) in [5.74, 6) is 0.334. The summed E-state index contributed by atoms with van der Waals surface area (Å²) in [6, 6.07) is 8.43. The van der Waals surface area contributed by atoms with Crippen LogP contribution in [0.5, 0.6) is 0 Å². The maximum absolute atomic E-state index is 13.0. The third kappa shape index (κ3) is 4.33. The summed E-state index contributed by atoms with van der Waals surface area (Å²) in [6.07, 6.45) is 1.71. The largest absolute Gasteiger partial charge is 0.354 e. The molecule has 8 heteroatoms. The van der Waals surface area contributed by atoms with Gasteiger partial charge < -0.3 is 9.80 Å². The van der Waals surface area contributed by atoms with E-state index in [1.54, 1.807) is 12.3 Å². The number of benzene rings is 1. The van der Waals surface area contributed by atoms with E-state index < -0.39 is 15.8 Å². The summed E-state index contributed by atoms with van der Waals surface area (Å²) in [5.41, 5.74) is 0.817. The lowest BCUT2D eigenvalue weighted by molar-refractivity contribution is 0.312. The quantitative estimate of drug-likeness (QED) is 0.870. The Balaban J connectivity index is 1.74. The number of nitrogens with one attached hydrogen (secondary N) is 1. The number of pyridine rings is 1. The fourth-order valence-corrected chi connectivity index (χ4v) is 3.75. The molecule has 134 valence electrons. The van der Waals surface area contributed by atoms with Crippen molar-refractivity contribution >= 4 is 15.8 Å². The van der Waals surface area contributed by atoms with Crippen LogP contribution < -0.4 is 9.62 Å². The molecule has 0 radical (unpaired) electrons. The van der Waals surface area contributed by atoms with Crippen LogP contribution in [0.3, 0.4) is 0 Å². The van der Waals surface area contributed by atoms with E-state index in [-0.39, 0.29) is 11.4 Å². The Kier molecular flexibility index (Phi) is 5.31. The number of halogens is 1. The Morgan fingerprint density at radius 2 is 1.80 bits per heavy atom. The molecule has 1 N–H and O–H groups in total. The van der Waals surface area contributed by atoms with Gasteiger partial charge in [-0.25, -0.2) is 22.5 Å². The van der Waals surface area contributed by atoms with Gasteiger partial charge in [0.15, 0.2) is 0 Å². The molecule has 1 fully saturated rings. The minimum absolute atomic E-state index is 0.0407. The lowest BCUT2D eigenvalue weighted by atomic mass is 10.2. The third-order valence-corrected chi connectivity index (χ3v) is 5.66. The van der Waals surface area contributed by atoms with Gasteiger partial charge in [0, 0.05) is 44.5 Å². The van der Waals surface area contributed by atoms with E-state index in [0.29, 0.717) is 0 Å². The molecule has 2 heterocycles. The number of sulfonamides is 1. The monoisotopic (exact) mass is 364 g/mol. The summed E-state index contributed by atoms with van der Waals surface area (Å²) in [5, 5.41) is 0. The van der Waals surface area contributed by atoms with Crippen molar-refractivity contribution in [1.82, 2.24) is 14.6 Å². The predicted molar refractivity (Wildman–Crippen MR) is 94.4 cm³/mol. The molecule has 3 rings (SSSR count). The van der Waals surface area contributed by atoms with Crippen LogP contribution in [0, 0.1) is 5.82 Å². The highest BCUT2D eigenvalue weighted by molar-refractivity contribution is 7.89. The van der Waals surface area contributed by atoms with Crippen molar-refractivity contribution in [2.45, 2.75) is 11.4 Å². The van der Waals surface area contributed by atoms with Gasteiger partial charge in [0.1, 0.15) is 11.6 Å². The Labute approximate surface area is 147 Å². The molecule has 1 aromatic carbocycles. The number of hydrogen-bond acceptors (Lipinski definition) is 5. The van der Waals surface area contributed by atoms with Gasteiger partial charge in [0.2, 0.25) is 10.0 Å². The standard InChI is InChI=1S/C17H21FN4O2S/c1-21-9-11-22(12-10-21)17-14(3-2-8-19-17)13-20-25(23,24)16-6-4-15(18)5-7-16/h2-8,20H,9-13H2,1H3. The van der Waals surface area contributed by atoms with Crippen molar-refractivity contribution in [2.75, 3.05) is 38.1 Å².